The Bertz CT molecular complexity index is 166. The molecule has 0 aliphatic carbocycles. The number of rotatable bonds is 0. The van der Waals surface area contributed by atoms with Gasteiger partial charge in [-0.25, -0.2) is 4.85 Å². The quantitative estimate of drug-likeness (QED) is 0.341. The molecule has 0 aromatic rings. The van der Waals surface area contributed by atoms with Crippen LogP contribution in [0, 0.1) is 17.9 Å². The van der Waals surface area contributed by atoms with Gasteiger partial charge in [-0.3, -0.25) is 0 Å². The number of nitriles is 1. The second-order valence-electron chi connectivity index (χ2n) is 1.43. The van der Waals surface area contributed by atoms with Crippen molar-refractivity contribution in [3.63, 3.8) is 0 Å². The van der Waals surface area contributed by atoms with E-state index in [-0.39, 0.29) is 0 Å². The van der Waals surface area contributed by atoms with Crippen molar-refractivity contribution in [3.8, 4) is 6.07 Å². The maximum absolute atomic E-state index is 8.19. The minimum atomic E-state index is 0.479. The summed E-state index contributed by atoms with van der Waals surface area (Å²) in [7, 11) is 0. The van der Waals surface area contributed by atoms with Gasteiger partial charge in [-0.15, -0.1) is 0 Å². The molecule has 0 heterocycles. The predicted octanol–water partition coefficient (Wildman–Crippen LogP) is 1.72. The zero-order valence-corrected chi connectivity index (χ0v) is 4.89. The van der Waals surface area contributed by atoms with Crippen LogP contribution in [0.5, 0.6) is 0 Å². The van der Waals surface area contributed by atoms with Crippen LogP contribution >= 0.6 is 0 Å². The minimum Gasteiger partial charge on any atom is -0.242 e. The van der Waals surface area contributed by atoms with Gasteiger partial charge in [0, 0.05) is 5.57 Å². The molecule has 0 fully saturated rings. The van der Waals surface area contributed by atoms with Gasteiger partial charge in [0.25, 0.3) is 0 Å². The smallest absolute Gasteiger partial charge is 0.175 e. The molecule has 0 aromatic heterocycles. The molecule has 0 amide bonds. The van der Waals surface area contributed by atoms with Crippen molar-refractivity contribution < 1.29 is 0 Å². The highest BCUT2D eigenvalue weighted by Gasteiger charge is 1.89. The SMILES string of the molecule is [C-]#[N+]/C(C)=C(\C)C#N. The van der Waals surface area contributed by atoms with Crippen molar-refractivity contribution in [1.29, 1.82) is 5.26 Å². The van der Waals surface area contributed by atoms with Gasteiger partial charge in [-0.2, -0.15) is 5.26 Å². The summed E-state index contributed by atoms with van der Waals surface area (Å²) in [5.41, 5.74) is 0.979. The van der Waals surface area contributed by atoms with E-state index in [1.165, 1.54) is 0 Å². The Morgan fingerprint density at radius 3 is 2.25 bits per heavy atom. The molecule has 0 spiro atoms. The molecule has 2 nitrogen and oxygen atoms in total. The fourth-order valence-corrected chi connectivity index (χ4v) is 0.165. The van der Waals surface area contributed by atoms with Gasteiger partial charge in [0.1, 0.15) is 0 Å². The molecule has 0 saturated heterocycles. The second-order valence-corrected chi connectivity index (χ2v) is 1.43. The molecule has 0 unspecified atom stereocenters. The summed E-state index contributed by atoms with van der Waals surface area (Å²) in [6.07, 6.45) is 0. The first-order valence-corrected chi connectivity index (χ1v) is 2.17. The standard InChI is InChI=1S/C6H6N2/c1-5(4-7)6(2)8-3/h1-2H3/b6-5+. The lowest BCUT2D eigenvalue weighted by Gasteiger charge is -1.82. The lowest BCUT2D eigenvalue weighted by molar-refractivity contribution is 1.36. The Balaban J connectivity index is 4.41. The van der Waals surface area contributed by atoms with Crippen LogP contribution in [0.2, 0.25) is 0 Å². The Morgan fingerprint density at radius 2 is 2.12 bits per heavy atom. The number of hydrogen-bond donors (Lipinski definition) is 0. The zero-order valence-electron chi connectivity index (χ0n) is 4.89. The van der Waals surface area contributed by atoms with Crippen LogP contribution in [-0.2, 0) is 0 Å². The van der Waals surface area contributed by atoms with E-state index in [9.17, 15) is 0 Å². The fourth-order valence-electron chi connectivity index (χ4n) is 0.165. The van der Waals surface area contributed by atoms with Gasteiger partial charge in [0.2, 0.25) is 0 Å². The molecule has 0 saturated carbocycles. The largest absolute Gasteiger partial charge is 0.242 e. The van der Waals surface area contributed by atoms with Crippen LogP contribution < -0.4 is 0 Å². The van der Waals surface area contributed by atoms with Crippen molar-refractivity contribution >= 4 is 0 Å². The van der Waals surface area contributed by atoms with E-state index >= 15 is 0 Å². The highest BCUT2D eigenvalue weighted by atomic mass is 14.6. The number of allylic oxidation sites excluding steroid dienone is 2. The zero-order chi connectivity index (χ0) is 6.57. The normalized spacial score (nSPS) is 11.0. The lowest BCUT2D eigenvalue weighted by Crippen LogP contribution is -1.70. The highest BCUT2D eigenvalue weighted by molar-refractivity contribution is 5.27. The minimum absolute atomic E-state index is 0.479. The Hall–Kier alpha value is -1.28. The summed E-state index contributed by atoms with van der Waals surface area (Å²) in [6.45, 7) is 9.72. The first-order valence-electron chi connectivity index (χ1n) is 2.17. The van der Waals surface area contributed by atoms with Gasteiger partial charge in [-0.1, -0.05) is 0 Å². The van der Waals surface area contributed by atoms with E-state index < -0.39 is 0 Å². The van der Waals surface area contributed by atoms with Gasteiger partial charge in [0.05, 0.1) is 12.6 Å². The fraction of sp³-hybridized carbons (Fsp3) is 0.333. The summed E-state index contributed by atoms with van der Waals surface area (Å²) in [5.74, 6) is 0. The van der Waals surface area contributed by atoms with E-state index in [1.54, 1.807) is 13.8 Å². The molecule has 0 atom stereocenters. The maximum Gasteiger partial charge on any atom is 0.175 e. The van der Waals surface area contributed by atoms with Crippen LogP contribution in [0.1, 0.15) is 13.8 Å². The Labute approximate surface area is 48.9 Å². The van der Waals surface area contributed by atoms with Gasteiger partial charge in [-0.05, 0) is 13.8 Å². The van der Waals surface area contributed by atoms with Gasteiger partial charge < -0.3 is 0 Å². The van der Waals surface area contributed by atoms with Crippen molar-refractivity contribution in [3.05, 3.63) is 22.7 Å². The van der Waals surface area contributed by atoms with Crippen LogP contribution in [0.25, 0.3) is 4.85 Å². The molecule has 0 aliphatic heterocycles. The molecule has 0 bridgehead atoms. The average Bonchev–Trinajstić information content (AvgIpc) is 1.84. The van der Waals surface area contributed by atoms with Crippen LogP contribution in [0.15, 0.2) is 11.3 Å². The molecule has 2 heteroatoms. The first-order chi connectivity index (χ1) is 3.72. The van der Waals surface area contributed by atoms with Crippen molar-refractivity contribution in [2.45, 2.75) is 13.8 Å². The molecule has 0 aliphatic rings. The summed E-state index contributed by atoms with van der Waals surface area (Å²) < 4.78 is 0. The monoisotopic (exact) mass is 106 g/mol. The third-order valence-corrected chi connectivity index (χ3v) is 0.878. The predicted molar refractivity (Wildman–Crippen MR) is 30.6 cm³/mol. The van der Waals surface area contributed by atoms with E-state index in [0.29, 0.717) is 11.3 Å². The maximum atomic E-state index is 8.19. The van der Waals surface area contributed by atoms with E-state index in [4.69, 9.17) is 11.8 Å². The number of nitrogens with zero attached hydrogens (tertiary/aromatic N) is 2. The third-order valence-electron chi connectivity index (χ3n) is 0.878. The third kappa shape index (κ3) is 1.45. The second kappa shape index (κ2) is 2.82. The average molecular weight is 106 g/mol. The molecule has 0 rings (SSSR count). The summed E-state index contributed by atoms with van der Waals surface area (Å²) in [4.78, 5) is 3.07. The van der Waals surface area contributed by atoms with Crippen LogP contribution in [0.3, 0.4) is 0 Å². The summed E-state index contributed by atoms with van der Waals surface area (Å²) in [5, 5.41) is 8.19. The van der Waals surface area contributed by atoms with E-state index in [1.807, 2.05) is 6.07 Å². The molecule has 8 heavy (non-hydrogen) atoms. The highest BCUT2D eigenvalue weighted by Crippen LogP contribution is 2.00. The summed E-state index contributed by atoms with van der Waals surface area (Å²) >= 11 is 0. The molecule has 0 N–H and O–H groups in total. The van der Waals surface area contributed by atoms with Crippen LogP contribution in [-0.4, -0.2) is 0 Å². The number of hydrogen-bond acceptors (Lipinski definition) is 1. The molecular weight excluding hydrogens is 100 g/mol. The molecule has 0 aromatic carbocycles. The van der Waals surface area contributed by atoms with Crippen molar-refractivity contribution in [2.24, 2.45) is 0 Å². The van der Waals surface area contributed by atoms with E-state index in [0.717, 1.165) is 0 Å². The topological polar surface area (TPSA) is 28.1 Å². The molecule has 40 valence electrons. The summed E-state index contributed by atoms with van der Waals surface area (Å²) in [6, 6.07) is 1.88. The van der Waals surface area contributed by atoms with Crippen molar-refractivity contribution in [1.82, 2.24) is 0 Å². The Kier molecular flexibility index (Phi) is 2.37. The Morgan fingerprint density at radius 1 is 1.62 bits per heavy atom. The molecule has 0 radical (unpaired) electrons. The van der Waals surface area contributed by atoms with Crippen molar-refractivity contribution in [2.75, 3.05) is 0 Å². The van der Waals surface area contributed by atoms with Gasteiger partial charge >= 0.3 is 0 Å². The van der Waals surface area contributed by atoms with E-state index in [2.05, 4.69) is 4.85 Å². The first kappa shape index (κ1) is 6.72. The van der Waals surface area contributed by atoms with Crippen LogP contribution in [0.4, 0.5) is 0 Å². The molecular formula is C6H6N2. The van der Waals surface area contributed by atoms with Gasteiger partial charge in [0.15, 0.2) is 5.70 Å². The lowest BCUT2D eigenvalue weighted by atomic mass is 10.3.